The number of carbonyl (C=O) groups is 2. The molecule has 1 saturated carbocycles. The van der Waals surface area contributed by atoms with E-state index in [1.165, 1.54) is 24.2 Å². The molecule has 0 atom stereocenters. The van der Waals surface area contributed by atoms with Crippen LogP contribution in [0.15, 0.2) is 0 Å². The molecule has 0 aromatic carbocycles. The number of hydrogen-bond acceptors (Lipinski definition) is 2. The molecule has 0 radical (unpaired) electrons. The van der Waals surface area contributed by atoms with Crippen molar-refractivity contribution in [3.8, 4) is 0 Å². The van der Waals surface area contributed by atoms with Gasteiger partial charge < -0.3 is 0 Å². The van der Waals surface area contributed by atoms with Crippen molar-refractivity contribution in [2.45, 2.75) is 65.3 Å². The van der Waals surface area contributed by atoms with E-state index >= 15 is 0 Å². The Kier molecular flexibility index (Phi) is 2.83. The number of likely N-dealkylation sites (tertiary alicyclic amines) is 1. The fourth-order valence-corrected chi connectivity index (χ4v) is 2.93. The zero-order chi connectivity index (χ0) is 12.8. The molecule has 3 nitrogen and oxygen atoms in total. The Bertz CT molecular complexity index is 339. The lowest BCUT2D eigenvalue weighted by Crippen LogP contribution is -2.65. The SMILES string of the molecule is CC(C)(CC1CCC1)C(C)(C)N1C(=O)CC1=O. The highest BCUT2D eigenvalue weighted by Crippen LogP contribution is 2.46. The first kappa shape index (κ1) is 12.6. The smallest absolute Gasteiger partial charge is 0.239 e. The maximum atomic E-state index is 11.6. The van der Waals surface area contributed by atoms with Crippen LogP contribution < -0.4 is 0 Å². The molecule has 2 rings (SSSR count). The standard InChI is InChI=1S/C14H23NO2/c1-13(2,9-10-6-5-7-10)14(3,4)15-11(16)8-12(15)17/h10H,5-9H2,1-4H3. The molecule has 0 aromatic heterocycles. The van der Waals surface area contributed by atoms with Crippen LogP contribution in [0.4, 0.5) is 0 Å². The normalized spacial score (nSPS) is 22.5. The summed E-state index contributed by atoms with van der Waals surface area (Å²) >= 11 is 0. The third-order valence-corrected chi connectivity index (χ3v) is 5.04. The van der Waals surface area contributed by atoms with Crippen LogP contribution in [0.5, 0.6) is 0 Å². The van der Waals surface area contributed by atoms with Crippen LogP contribution in [0.25, 0.3) is 0 Å². The summed E-state index contributed by atoms with van der Waals surface area (Å²) in [6, 6.07) is 0. The van der Waals surface area contributed by atoms with E-state index in [-0.39, 0.29) is 29.2 Å². The molecule has 0 spiro atoms. The van der Waals surface area contributed by atoms with Crippen molar-refractivity contribution < 1.29 is 9.59 Å². The first-order valence-electron chi connectivity index (χ1n) is 6.61. The molecular formula is C14H23NO2. The Balaban J connectivity index is 2.11. The largest absolute Gasteiger partial charge is 0.276 e. The number of nitrogens with zero attached hydrogens (tertiary/aromatic N) is 1. The fraction of sp³-hybridized carbons (Fsp3) is 0.857. The van der Waals surface area contributed by atoms with E-state index in [2.05, 4.69) is 13.8 Å². The number of rotatable bonds is 4. The molecule has 2 aliphatic rings. The van der Waals surface area contributed by atoms with Crippen molar-refractivity contribution in [1.29, 1.82) is 0 Å². The molecule has 1 saturated heterocycles. The summed E-state index contributed by atoms with van der Waals surface area (Å²) < 4.78 is 0. The van der Waals surface area contributed by atoms with Gasteiger partial charge in [-0.15, -0.1) is 0 Å². The maximum absolute atomic E-state index is 11.6. The number of β-lactam (4-membered cyclic amide) rings is 2. The molecule has 2 fully saturated rings. The second-order valence-corrected chi connectivity index (χ2v) is 6.74. The van der Waals surface area contributed by atoms with Gasteiger partial charge in [0.05, 0.1) is 5.54 Å². The van der Waals surface area contributed by atoms with Gasteiger partial charge in [-0.3, -0.25) is 14.5 Å². The van der Waals surface area contributed by atoms with E-state index in [1.807, 2.05) is 13.8 Å². The van der Waals surface area contributed by atoms with E-state index in [0.717, 1.165) is 12.3 Å². The van der Waals surface area contributed by atoms with Crippen LogP contribution in [0.1, 0.15) is 59.8 Å². The second kappa shape index (κ2) is 3.82. The van der Waals surface area contributed by atoms with E-state index in [1.54, 1.807) is 0 Å². The van der Waals surface area contributed by atoms with Crippen molar-refractivity contribution in [3.63, 3.8) is 0 Å². The average molecular weight is 237 g/mol. The molecule has 1 aliphatic heterocycles. The minimum Gasteiger partial charge on any atom is -0.276 e. The van der Waals surface area contributed by atoms with Crippen LogP contribution in [-0.2, 0) is 9.59 Å². The Labute approximate surface area is 104 Å². The average Bonchev–Trinajstić information content (AvgIpc) is 2.10. The van der Waals surface area contributed by atoms with E-state index in [0.29, 0.717) is 0 Å². The van der Waals surface area contributed by atoms with Gasteiger partial charge in [0.15, 0.2) is 0 Å². The van der Waals surface area contributed by atoms with Crippen molar-refractivity contribution in [3.05, 3.63) is 0 Å². The first-order chi connectivity index (χ1) is 7.75. The molecule has 0 N–H and O–H groups in total. The van der Waals surface area contributed by atoms with Gasteiger partial charge in [-0.05, 0) is 31.6 Å². The third-order valence-electron chi connectivity index (χ3n) is 5.04. The number of hydrogen-bond donors (Lipinski definition) is 0. The summed E-state index contributed by atoms with van der Waals surface area (Å²) in [4.78, 5) is 24.7. The Morgan fingerprint density at radius 2 is 1.65 bits per heavy atom. The summed E-state index contributed by atoms with van der Waals surface area (Å²) in [6.45, 7) is 8.43. The van der Waals surface area contributed by atoms with Crippen LogP contribution >= 0.6 is 0 Å². The fourth-order valence-electron chi connectivity index (χ4n) is 2.93. The highest BCUT2D eigenvalue weighted by molar-refractivity contribution is 6.15. The van der Waals surface area contributed by atoms with Gasteiger partial charge >= 0.3 is 0 Å². The molecule has 17 heavy (non-hydrogen) atoms. The van der Waals surface area contributed by atoms with Gasteiger partial charge in [0.1, 0.15) is 6.42 Å². The van der Waals surface area contributed by atoms with Crippen LogP contribution in [0.2, 0.25) is 0 Å². The number of amides is 2. The summed E-state index contributed by atoms with van der Waals surface area (Å²) in [5.74, 6) is 0.763. The molecule has 1 heterocycles. The van der Waals surface area contributed by atoms with E-state index in [4.69, 9.17) is 0 Å². The molecule has 0 aromatic rings. The highest BCUT2D eigenvalue weighted by atomic mass is 16.2. The summed E-state index contributed by atoms with van der Waals surface area (Å²) in [6.07, 6.45) is 5.16. The van der Waals surface area contributed by atoms with Crippen molar-refractivity contribution in [2.24, 2.45) is 11.3 Å². The van der Waals surface area contributed by atoms with Gasteiger partial charge in [-0.1, -0.05) is 33.1 Å². The van der Waals surface area contributed by atoms with Gasteiger partial charge in [-0.25, -0.2) is 0 Å². The summed E-state index contributed by atoms with van der Waals surface area (Å²) in [7, 11) is 0. The molecule has 2 amide bonds. The third kappa shape index (κ3) is 1.90. The minimum absolute atomic E-state index is 0.0101. The van der Waals surface area contributed by atoms with Gasteiger partial charge in [0, 0.05) is 0 Å². The lowest BCUT2D eigenvalue weighted by atomic mass is 9.64. The highest BCUT2D eigenvalue weighted by Gasteiger charge is 2.52. The predicted molar refractivity (Wildman–Crippen MR) is 66.3 cm³/mol. The molecule has 96 valence electrons. The molecule has 0 unspecified atom stereocenters. The van der Waals surface area contributed by atoms with Gasteiger partial charge in [0.2, 0.25) is 11.8 Å². The zero-order valence-electron chi connectivity index (χ0n) is 11.4. The van der Waals surface area contributed by atoms with Gasteiger partial charge in [0.25, 0.3) is 0 Å². The van der Waals surface area contributed by atoms with Gasteiger partial charge in [-0.2, -0.15) is 0 Å². The lowest BCUT2D eigenvalue weighted by molar-refractivity contribution is -0.171. The quantitative estimate of drug-likeness (QED) is 0.557. The Morgan fingerprint density at radius 3 is 2.00 bits per heavy atom. The molecule has 3 heteroatoms. The van der Waals surface area contributed by atoms with Crippen LogP contribution in [0.3, 0.4) is 0 Å². The van der Waals surface area contributed by atoms with Crippen molar-refractivity contribution >= 4 is 11.8 Å². The molecule has 0 bridgehead atoms. The van der Waals surface area contributed by atoms with Crippen molar-refractivity contribution in [2.75, 3.05) is 0 Å². The summed E-state index contributed by atoms with van der Waals surface area (Å²) in [5.41, 5.74) is -0.376. The maximum Gasteiger partial charge on any atom is 0.239 e. The van der Waals surface area contributed by atoms with E-state index in [9.17, 15) is 9.59 Å². The van der Waals surface area contributed by atoms with Crippen LogP contribution in [0, 0.1) is 11.3 Å². The number of carbonyl (C=O) groups excluding carboxylic acids is 2. The number of imide groups is 1. The van der Waals surface area contributed by atoms with Crippen molar-refractivity contribution in [1.82, 2.24) is 4.90 Å². The Hall–Kier alpha value is -0.860. The zero-order valence-corrected chi connectivity index (χ0v) is 11.4. The molecule has 1 aliphatic carbocycles. The minimum atomic E-state index is -0.366. The van der Waals surface area contributed by atoms with Crippen LogP contribution in [-0.4, -0.2) is 22.3 Å². The lowest BCUT2D eigenvalue weighted by Gasteiger charge is -2.53. The topological polar surface area (TPSA) is 37.4 Å². The monoisotopic (exact) mass is 237 g/mol. The first-order valence-corrected chi connectivity index (χ1v) is 6.61. The van der Waals surface area contributed by atoms with E-state index < -0.39 is 0 Å². The Morgan fingerprint density at radius 1 is 1.12 bits per heavy atom. The predicted octanol–water partition coefficient (Wildman–Crippen LogP) is 2.74. The summed E-state index contributed by atoms with van der Waals surface area (Å²) in [5, 5.41) is 0. The second-order valence-electron chi connectivity index (χ2n) is 6.74. The molecular weight excluding hydrogens is 214 g/mol.